The van der Waals surface area contributed by atoms with Gasteiger partial charge in [0.05, 0.1) is 0 Å². The zero-order valence-electron chi connectivity index (χ0n) is 8.11. The summed E-state index contributed by atoms with van der Waals surface area (Å²) in [6.45, 7) is 2.02. The van der Waals surface area contributed by atoms with Gasteiger partial charge in [0.2, 0.25) is 10.8 Å². The lowest BCUT2D eigenvalue weighted by Crippen LogP contribution is -2.53. The van der Waals surface area contributed by atoms with Gasteiger partial charge in [0.15, 0.2) is 6.20 Å². The van der Waals surface area contributed by atoms with Crippen LogP contribution in [0.25, 0.3) is 0 Å². The molecule has 4 heteroatoms. The number of rotatable bonds is 1. The molecule has 0 aliphatic heterocycles. The molecule has 1 aromatic rings. The van der Waals surface area contributed by atoms with Gasteiger partial charge in [-0.2, -0.15) is 0 Å². The van der Waals surface area contributed by atoms with Crippen LogP contribution in [0, 0.1) is 6.92 Å². The van der Waals surface area contributed by atoms with E-state index >= 15 is 0 Å². The first-order chi connectivity index (χ1) is 6.11. The van der Waals surface area contributed by atoms with Crippen molar-refractivity contribution < 1.29 is 4.68 Å². The Morgan fingerprint density at radius 3 is 2.69 bits per heavy atom. The Balaban J connectivity index is 2.75. The summed E-state index contributed by atoms with van der Waals surface area (Å²) in [7, 11) is 3.82. The van der Waals surface area contributed by atoms with E-state index < -0.39 is 0 Å². The Morgan fingerprint density at radius 2 is 2.15 bits per heavy atom. The second-order valence-electron chi connectivity index (χ2n) is 3.02. The van der Waals surface area contributed by atoms with E-state index in [9.17, 15) is 0 Å². The summed E-state index contributed by atoms with van der Waals surface area (Å²) in [6, 6.07) is 5.97. The summed E-state index contributed by atoms with van der Waals surface area (Å²) in [6.07, 6.45) is 1.94. The van der Waals surface area contributed by atoms with Gasteiger partial charge >= 0.3 is 0 Å². The second-order valence-corrected chi connectivity index (χ2v) is 3.41. The summed E-state index contributed by atoms with van der Waals surface area (Å²) in [5, 5.41) is 0.694. The number of aryl methyl sites for hydroxylation is 1. The highest BCUT2D eigenvalue weighted by atomic mass is 32.1. The van der Waals surface area contributed by atoms with E-state index in [0.717, 1.165) is 5.69 Å². The van der Waals surface area contributed by atoms with Crippen molar-refractivity contribution in [2.75, 3.05) is 19.5 Å². The van der Waals surface area contributed by atoms with Crippen molar-refractivity contribution >= 4 is 17.3 Å². The monoisotopic (exact) mass is 196 g/mol. The van der Waals surface area contributed by atoms with Crippen LogP contribution >= 0.6 is 12.2 Å². The van der Waals surface area contributed by atoms with E-state index in [1.165, 1.54) is 0 Å². The summed E-state index contributed by atoms with van der Waals surface area (Å²) in [5.41, 5.74) is 4.20. The minimum Gasteiger partial charge on any atom is -0.351 e. The molecule has 0 aromatic carbocycles. The quantitative estimate of drug-likeness (QED) is 0.526. The molecule has 0 radical (unpaired) electrons. The average Bonchev–Trinajstić information content (AvgIpc) is 2.08. The molecule has 1 aromatic heterocycles. The Labute approximate surface area is 84.0 Å². The molecule has 13 heavy (non-hydrogen) atoms. The molecule has 0 saturated carbocycles. The van der Waals surface area contributed by atoms with Gasteiger partial charge in [-0.15, -0.1) is 5.43 Å². The number of nitrogens with one attached hydrogen (secondary N) is 1. The first-order valence-corrected chi connectivity index (χ1v) is 4.47. The van der Waals surface area contributed by atoms with Crippen LogP contribution in [-0.4, -0.2) is 24.1 Å². The van der Waals surface area contributed by atoms with Crippen LogP contribution in [0.1, 0.15) is 5.69 Å². The van der Waals surface area contributed by atoms with Crippen LogP contribution in [-0.2, 0) is 0 Å². The molecule has 0 aliphatic rings. The third-order valence-electron chi connectivity index (χ3n) is 1.69. The molecule has 0 saturated heterocycles. The predicted octanol–water partition coefficient (Wildman–Crippen LogP) is 0.673. The lowest BCUT2D eigenvalue weighted by Gasteiger charge is -2.11. The Kier molecular flexibility index (Phi) is 3.19. The van der Waals surface area contributed by atoms with Crippen LogP contribution in [0.15, 0.2) is 24.4 Å². The zero-order valence-corrected chi connectivity index (χ0v) is 8.93. The fraction of sp³-hybridized carbons (Fsp3) is 0.333. The Morgan fingerprint density at radius 1 is 1.46 bits per heavy atom. The normalized spacial score (nSPS) is 9.46. The highest BCUT2D eigenvalue weighted by molar-refractivity contribution is 7.80. The molecule has 0 unspecified atom stereocenters. The maximum Gasteiger partial charge on any atom is 0.226 e. The first kappa shape index (κ1) is 9.92. The molecule has 70 valence electrons. The predicted molar refractivity (Wildman–Crippen MR) is 57.0 cm³/mol. The van der Waals surface area contributed by atoms with Crippen LogP contribution in [0.2, 0.25) is 0 Å². The Hall–Kier alpha value is -1.16. The summed E-state index contributed by atoms with van der Waals surface area (Å²) in [5.74, 6) is 0. The van der Waals surface area contributed by atoms with Crippen molar-refractivity contribution in [2.45, 2.75) is 6.92 Å². The first-order valence-electron chi connectivity index (χ1n) is 4.07. The number of thiocarbonyl (C=S) groups is 1. The zero-order chi connectivity index (χ0) is 9.84. The molecule has 0 bridgehead atoms. The average molecular weight is 196 g/mol. The summed E-state index contributed by atoms with van der Waals surface area (Å²) in [4.78, 5) is 1.86. The van der Waals surface area contributed by atoms with Gasteiger partial charge < -0.3 is 4.90 Å². The number of nitrogens with zero attached hydrogens (tertiary/aromatic N) is 2. The van der Waals surface area contributed by atoms with Crippen molar-refractivity contribution in [1.29, 1.82) is 0 Å². The van der Waals surface area contributed by atoms with Crippen LogP contribution in [0.4, 0.5) is 0 Å². The van der Waals surface area contributed by atoms with Gasteiger partial charge in [-0.1, -0.05) is 4.68 Å². The fourth-order valence-electron chi connectivity index (χ4n) is 0.857. The van der Waals surface area contributed by atoms with Crippen molar-refractivity contribution in [3.63, 3.8) is 0 Å². The second kappa shape index (κ2) is 4.18. The van der Waals surface area contributed by atoms with Crippen molar-refractivity contribution in [2.24, 2.45) is 0 Å². The number of hydrogen-bond acceptors (Lipinski definition) is 1. The molecule has 0 amide bonds. The molecule has 0 atom stereocenters. The third-order valence-corrected chi connectivity index (χ3v) is 2.14. The SMILES string of the molecule is Cc1cccc[n+]1NC(=S)N(C)C. The van der Waals surface area contributed by atoms with Crippen molar-refractivity contribution in [3.8, 4) is 0 Å². The van der Waals surface area contributed by atoms with Crippen LogP contribution in [0.5, 0.6) is 0 Å². The lowest BCUT2D eigenvalue weighted by molar-refractivity contribution is -0.647. The minimum absolute atomic E-state index is 0.694. The molecule has 0 aliphatic carbocycles. The van der Waals surface area contributed by atoms with Gasteiger partial charge in [-0.05, 0) is 18.3 Å². The molecule has 3 nitrogen and oxygen atoms in total. The molecule has 1 N–H and O–H groups in total. The van der Waals surface area contributed by atoms with E-state index in [1.807, 2.05) is 55.0 Å². The van der Waals surface area contributed by atoms with E-state index in [-0.39, 0.29) is 0 Å². The molecule has 1 heterocycles. The maximum absolute atomic E-state index is 5.11. The van der Waals surface area contributed by atoms with Crippen LogP contribution in [0.3, 0.4) is 0 Å². The standard InChI is InChI=1S/C9H13N3S/c1-8-6-4-5-7-12(8)10-9(13)11(2)3/h4-7H,1-3H3/p+1. The van der Waals surface area contributed by atoms with E-state index in [0.29, 0.717) is 5.11 Å². The number of hydrogen-bond donors (Lipinski definition) is 1. The van der Waals surface area contributed by atoms with Gasteiger partial charge in [0.1, 0.15) is 0 Å². The molecule has 0 fully saturated rings. The van der Waals surface area contributed by atoms with E-state index in [4.69, 9.17) is 12.2 Å². The van der Waals surface area contributed by atoms with Crippen molar-refractivity contribution in [3.05, 3.63) is 30.1 Å². The van der Waals surface area contributed by atoms with Gasteiger partial charge in [-0.3, -0.25) is 0 Å². The number of aromatic nitrogens is 1. The molecular weight excluding hydrogens is 182 g/mol. The van der Waals surface area contributed by atoms with Gasteiger partial charge in [-0.25, -0.2) is 0 Å². The lowest BCUT2D eigenvalue weighted by atomic mass is 10.4. The van der Waals surface area contributed by atoms with Gasteiger partial charge in [0.25, 0.3) is 0 Å². The Bertz CT molecular complexity index is 309. The number of pyridine rings is 1. The van der Waals surface area contributed by atoms with Gasteiger partial charge in [0, 0.05) is 33.2 Å². The topological polar surface area (TPSA) is 19.1 Å². The van der Waals surface area contributed by atoms with Crippen molar-refractivity contribution in [1.82, 2.24) is 4.90 Å². The molecule has 0 spiro atoms. The molecule has 1 rings (SSSR count). The third kappa shape index (κ3) is 2.66. The fourth-order valence-corrected chi connectivity index (χ4v) is 0.955. The largest absolute Gasteiger partial charge is 0.351 e. The van der Waals surface area contributed by atoms with E-state index in [2.05, 4.69) is 5.43 Å². The van der Waals surface area contributed by atoms with E-state index in [1.54, 1.807) is 0 Å². The maximum atomic E-state index is 5.11. The summed E-state index contributed by atoms with van der Waals surface area (Å²) < 4.78 is 1.89. The smallest absolute Gasteiger partial charge is 0.226 e. The molecular formula is C9H14N3S+. The van der Waals surface area contributed by atoms with Crippen LogP contribution < -0.4 is 10.1 Å². The highest BCUT2D eigenvalue weighted by Gasteiger charge is 2.07. The summed E-state index contributed by atoms with van der Waals surface area (Å²) >= 11 is 5.11. The minimum atomic E-state index is 0.694. The highest BCUT2D eigenvalue weighted by Crippen LogP contribution is 1.86.